The fraction of sp³-hybridized carbons (Fsp3) is 0.211. The van der Waals surface area contributed by atoms with Crippen molar-refractivity contribution in [3.63, 3.8) is 0 Å². The van der Waals surface area contributed by atoms with E-state index in [1.165, 1.54) is 4.57 Å². The highest BCUT2D eigenvalue weighted by molar-refractivity contribution is 7.20. The average Bonchev–Trinajstić information content (AvgIpc) is 2.96. The quantitative estimate of drug-likeness (QED) is 0.700. The van der Waals surface area contributed by atoms with Crippen LogP contribution in [0.15, 0.2) is 29.1 Å². The molecule has 0 spiro atoms. The highest BCUT2D eigenvalue weighted by atomic mass is 32.1. The Morgan fingerprint density at radius 3 is 2.65 bits per heavy atom. The summed E-state index contributed by atoms with van der Waals surface area (Å²) in [6.07, 6.45) is 5.87. The number of hydrogen-bond donors (Lipinski definition) is 1. The van der Waals surface area contributed by atoms with Gasteiger partial charge in [-0.15, -0.1) is 17.8 Å². The van der Waals surface area contributed by atoms with Crippen molar-refractivity contribution in [1.82, 2.24) is 9.55 Å². The predicted octanol–water partition coefficient (Wildman–Crippen LogP) is 2.10. The molecular weight excluding hydrogens is 350 g/mol. The number of carbonyl (C=O) groups excluding carboxylic acids is 1. The molecule has 0 radical (unpaired) electrons. The number of benzene rings is 1. The highest BCUT2D eigenvalue weighted by Gasteiger charge is 2.20. The molecule has 3 rings (SSSR count). The molecule has 1 amide bonds. The molecule has 0 aliphatic carbocycles. The van der Waals surface area contributed by atoms with Crippen LogP contribution in [0.5, 0.6) is 5.75 Å². The molecule has 0 unspecified atom stereocenters. The van der Waals surface area contributed by atoms with Crippen molar-refractivity contribution in [2.45, 2.75) is 19.9 Å². The van der Waals surface area contributed by atoms with Gasteiger partial charge in [0.1, 0.15) is 16.4 Å². The number of carbonyl (C=O) groups is 1. The van der Waals surface area contributed by atoms with Gasteiger partial charge in [-0.05, 0) is 30.2 Å². The zero-order chi connectivity index (χ0) is 18.8. The third kappa shape index (κ3) is 3.07. The van der Waals surface area contributed by atoms with Crippen LogP contribution in [0.4, 0.5) is 0 Å². The SMILES string of the molecule is C#CCn1c(Cc2ccc(OC)cc2)nc2sc(C(N)=O)c(C)c2c1=O. The van der Waals surface area contributed by atoms with Crippen LogP contribution in [0.25, 0.3) is 10.2 Å². The number of aromatic nitrogens is 2. The van der Waals surface area contributed by atoms with Crippen LogP contribution in [-0.2, 0) is 13.0 Å². The van der Waals surface area contributed by atoms with Crippen molar-refractivity contribution in [3.8, 4) is 18.1 Å². The Morgan fingerprint density at radius 2 is 2.08 bits per heavy atom. The smallest absolute Gasteiger partial charge is 0.263 e. The molecule has 0 atom stereocenters. The van der Waals surface area contributed by atoms with E-state index in [4.69, 9.17) is 16.9 Å². The molecule has 2 aromatic heterocycles. The zero-order valence-corrected chi connectivity index (χ0v) is 15.2. The van der Waals surface area contributed by atoms with Gasteiger partial charge in [-0.3, -0.25) is 14.2 Å². The molecule has 0 aliphatic rings. The molecule has 26 heavy (non-hydrogen) atoms. The minimum Gasteiger partial charge on any atom is -0.497 e. The van der Waals surface area contributed by atoms with Crippen LogP contribution >= 0.6 is 11.3 Å². The van der Waals surface area contributed by atoms with Crippen LogP contribution in [-0.4, -0.2) is 22.6 Å². The maximum absolute atomic E-state index is 12.9. The topological polar surface area (TPSA) is 87.2 Å². The molecule has 7 heteroatoms. The Morgan fingerprint density at radius 1 is 1.38 bits per heavy atom. The average molecular weight is 367 g/mol. The number of fused-ring (bicyclic) bond motifs is 1. The highest BCUT2D eigenvalue weighted by Crippen LogP contribution is 2.27. The van der Waals surface area contributed by atoms with Crippen molar-refractivity contribution in [3.05, 3.63) is 56.4 Å². The molecule has 3 aromatic rings. The van der Waals surface area contributed by atoms with Gasteiger partial charge < -0.3 is 10.5 Å². The number of ether oxygens (including phenoxy) is 1. The van der Waals surface area contributed by atoms with Crippen molar-refractivity contribution in [2.24, 2.45) is 5.73 Å². The zero-order valence-electron chi connectivity index (χ0n) is 14.4. The number of hydrogen-bond acceptors (Lipinski definition) is 5. The van der Waals surface area contributed by atoms with E-state index in [1.807, 2.05) is 24.3 Å². The number of primary amides is 1. The maximum atomic E-state index is 12.9. The second-order valence-electron chi connectivity index (χ2n) is 5.75. The molecule has 0 aliphatic heterocycles. The molecule has 0 bridgehead atoms. The summed E-state index contributed by atoms with van der Waals surface area (Å²) in [5.41, 5.74) is 6.67. The number of thiophene rings is 1. The molecule has 2 heterocycles. The first-order valence-corrected chi connectivity index (χ1v) is 8.67. The Bertz CT molecular complexity index is 1090. The van der Waals surface area contributed by atoms with Gasteiger partial charge in [0, 0.05) is 6.42 Å². The largest absolute Gasteiger partial charge is 0.497 e. The minimum atomic E-state index is -0.565. The Hall–Kier alpha value is -3.11. The van der Waals surface area contributed by atoms with Crippen LogP contribution < -0.4 is 16.0 Å². The molecule has 2 N–H and O–H groups in total. The van der Waals surface area contributed by atoms with Crippen LogP contribution in [0.1, 0.15) is 26.6 Å². The molecule has 0 fully saturated rings. The summed E-state index contributed by atoms with van der Waals surface area (Å²) in [5, 5.41) is 0.400. The lowest BCUT2D eigenvalue weighted by Gasteiger charge is -2.10. The minimum absolute atomic E-state index is 0.106. The number of rotatable bonds is 5. The third-order valence-electron chi connectivity index (χ3n) is 4.12. The van der Waals surface area contributed by atoms with E-state index in [2.05, 4.69) is 10.9 Å². The van der Waals surface area contributed by atoms with E-state index >= 15 is 0 Å². The van der Waals surface area contributed by atoms with E-state index in [1.54, 1.807) is 14.0 Å². The van der Waals surface area contributed by atoms with Crippen molar-refractivity contribution >= 4 is 27.5 Å². The molecule has 132 valence electrons. The van der Waals surface area contributed by atoms with Gasteiger partial charge >= 0.3 is 0 Å². The van der Waals surface area contributed by atoms with Gasteiger partial charge in [0.2, 0.25) is 0 Å². The molecular formula is C19H17N3O3S. The Labute approximate surface area is 154 Å². The van der Waals surface area contributed by atoms with Gasteiger partial charge in [-0.2, -0.15) is 0 Å². The van der Waals surface area contributed by atoms with E-state index in [0.29, 0.717) is 32.9 Å². The van der Waals surface area contributed by atoms with Crippen molar-refractivity contribution in [1.29, 1.82) is 0 Å². The fourth-order valence-electron chi connectivity index (χ4n) is 2.81. The molecule has 0 saturated heterocycles. The first kappa shape index (κ1) is 17.7. The van der Waals surface area contributed by atoms with E-state index in [0.717, 1.165) is 22.6 Å². The molecule has 6 nitrogen and oxygen atoms in total. The van der Waals surface area contributed by atoms with Gasteiger partial charge in [0.05, 0.1) is 23.9 Å². The van der Waals surface area contributed by atoms with Crippen LogP contribution in [0.2, 0.25) is 0 Å². The lowest BCUT2D eigenvalue weighted by atomic mass is 10.1. The van der Waals surface area contributed by atoms with Crippen molar-refractivity contribution in [2.75, 3.05) is 7.11 Å². The Kier molecular flexibility index (Phi) is 4.78. The van der Waals surface area contributed by atoms with Gasteiger partial charge in [-0.25, -0.2) is 4.98 Å². The second-order valence-corrected chi connectivity index (χ2v) is 6.75. The first-order valence-electron chi connectivity index (χ1n) is 7.85. The van der Waals surface area contributed by atoms with Crippen LogP contribution in [0, 0.1) is 19.3 Å². The Balaban J connectivity index is 2.17. The van der Waals surface area contributed by atoms with Gasteiger partial charge in [0.25, 0.3) is 11.5 Å². The lowest BCUT2D eigenvalue weighted by Crippen LogP contribution is -2.25. The first-order chi connectivity index (χ1) is 12.5. The fourth-order valence-corrected chi connectivity index (χ4v) is 3.85. The number of aryl methyl sites for hydroxylation is 1. The second kappa shape index (κ2) is 7.02. The summed E-state index contributed by atoms with van der Waals surface area (Å²) < 4.78 is 6.63. The monoisotopic (exact) mass is 367 g/mol. The summed E-state index contributed by atoms with van der Waals surface area (Å²) in [7, 11) is 1.60. The van der Waals surface area contributed by atoms with E-state index < -0.39 is 5.91 Å². The van der Waals surface area contributed by atoms with Crippen molar-refractivity contribution < 1.29 is 9.53 Å². The van der Waals surface area contributed by atoms with E-state index in [-0.39, 0.29) is 12.1 Å². The summed E-state index contributed by atoms with van der Waals surface area (Å²) in [4.78, 5) is 30.0. The number of amides is 1. The number of terminal acetylenes is 1. The van der Waals surface area contributed by atoms with Crippen LogP contribution in [0.3, 0.4) is 0 Å². The normalized spacial score (nSPS) is 10.7. The summed E-state index contributed by atoms with van der Waals surface area (Å²) in [6.45, 7) is 1.81. The standard InChI is InChI=1S/C19H17N3O3S/c1-4-9-22-14(10-12-5-7-13(25-3)8-6-12)21-18-15(19(22)24)11(2)16(26-18)17(20)23/h1,5-8H,9-10H2,2-3H3,(H2,20,23). The number of nitrogens with two attached hydrogens (primary N) is 1. The maximum Gasteiger partial charge on any atom is 0.263 e. The lowest BCUT2D eigenvalue weighted by molar-refractivity contribution is 0.100. The molecule has 1 aromatic carbocycles. The summed E-state index contributed by atoms with van der Waals surface area (Å²) in [5.74, 6) is 3.23. The number of nitrogens with zero attached hydrogens (tertiary/aromatic N) is 2. The third-order valence-corrected chi connectivity index (χ3v) is 5.32. The molecule has 0 saturated carbocycles. The summed E-state index contributed by atoms with van der Waals surface area (Å²) >= 11 is 1.13. The predicted molar refractivity (Wildman–Crippen MR) is 102 cm³/mol. The number of methoxy groups -OCH3 is 1. The summed E-state index contributed by atoms with van der Waals surface area (Å²) in [6, 6.07) is 7.50. The van der Waals surface area contributed by atoms with Gasteiger partial charge in [0.15, 0.2) is 0 Å². The van der Waals surface area contributed by atoms with E-state index in [9.17, 15) is 9.59 Å². The van der Waals surface area contributed by atoms with Gasteiger partial charge in [-0.1, -0.05) is 18.1 Å².